The number of unbranched alkanes of at least 4 members (excludes halogenated alkanes) is 3. The third-order valence-electron chi connectivity index (χ3n) is 7.41. The van der Waals surface area contributed by atoms with Crippen molar-refractivity contribution in [2.24, 2.45) is 0 Å². The molecule has 0 radical (unpaired) electrons. The highest BCUT2D eigenvalue weighted by molar-refractivity contribution is 5.99. The molecular formula is C29H38N4O3. The number of hydrogen-bond donors (Lipinski definition) is 1. The molecule has 192 valence electrons. The van der Waals surface area contributed by atoms with Gasteiger partial charge in [0.1, 0.15) is 12.1 Å². The zero-order valence-corrected chi connectivity index (χ0v) is 21.5. The molecule has 0 atom stereocenters. The van der Waals surface area contributed by atoms with Crippen LogP contribution >= 0.6 is 0 Å². The van der Waals surface area contributed by atoms with E-state index in [0.29, 0.717) is 39.0 Å². The summed E-state index contributed by atoms with van der Waals surface area (Å²) in [5.74, 6) is -0.0495. The van der Waals surface area contributed by atoms with Crippen LogP contribution in [0.25, 0.3) is 0 Å². The normalized spacial score (nSPS) is 17.1. The van der Waals surface area contributed by atoms with Gasteiger partial charge in [0.2, 0.25) is 11.8 Å². The molecule has 0 saturated carbocycles. The summed E-state index contributed by atoms with van der Waals surface area (Å²) < 4.78 is 0. The summed E-state index contributed by atoms with van der Waals surface area (Å²) >= 11 is 0. The second kappa shape index (κ2) is 11.6. The first-order valence-corrected chi connectivity index (χ1v) is 13.2. The maximum absolute atomic E-state index is 13.8. The zero-order valence-electron chi connectivity index (χ0n) is 21.5. The van der Waals surface area contributed by atoms with Crippen LogP contribution in [0.2, 0.25) is 0 Å². The number of benzene rings is 2. The van der Waals surface area contributed by atoms with Gasteiger partial charge in [-0.05, 0) is 56.0 Å². The second-order valence-corrected chi connectivity index (χ2v) is 10.0. The Morgan fingerprint density at radius 3 is 2.42 bits per heavy atom. The first-order chi connectivity index (χ1) is 17.4. The Bertz CT molecular complexity index is 1060. The molecule has 1 N–H and O–H groups in total. The molecule has 4 rings (SSSR count). The SMILES string of the molecule is CCCCCCC(=O)N1CCC2(CC1)C(=O)N(CC(=O)Nc1cccc(C)c1)CN2c1ccccc1. The molecule has 2 aliphatic rings. The van der Waals surface area contributed by atoms with Crippen molar-refractivity contribution >= 4 is 29.1 Å². The van der Waals surface area contributed by atoms with Gasteiger partial charge in [0, 0.05) is 30.9 Å². The monoisotopic (exact) mass is 490 g/mol. The van der Waals surface area contributed by atoms with Crippen molar-refractivity contribution < 1.29 is 14.4 Å². The number of amides is 3. The molecule has 2 fully saturated rings. The average molecular weight is 491 g/mol. The molecule has 2 heterocycles. The quantitative estimate of drug-likeness (QED) is 0.523. The van der Waals surface area contributed by atoms with Crippen LogP contribution in [0, 0.1) is 6.92 Å². The van der Waals surface area contributed by atoms with Gasteiger partial charge in [-0.3, -0.25) is 14.4 Å². The lowest BCUT2D eigenvalue weighted by Crippen LogP contribution is -2.57. The van der Waals surface area contributed by atoms with Gasteiger partial charge < -0.3 is 20.0 Å². The van der Waals surface area contributed by atoms with Crippen molar-refractivity contribution in [3.63, 3.8) is 0 Å². The summed E-state index contributed by atoms with van der Waals surface area (Å²) in [6, 6.07) is 17.6. The van der Waals surface area contributed by atoms with Gasteiger partial charge in [-0.2, -0.15) is 0 Å². The van der Waals surface area contributed by atoms with E-state index < -0.39 is 5.54 Å². The van der Waals surface area contributed by atoms with E-state index in [9.17, 15) is 14.4 Å². The van der Waals surface area contributed by atoms with E-state index in [1.165, 1.54) is 0 Å². The molecule has 0 bridgehead atoms. The lowest BCUT2D eigenvalue weighted by atomic mass is 9.85. The molecule has 2 aromatic rings. The molecule has 3 amide bonds. The summed E-state index contributed by atoms with van der Waals surface area (Å²) in [5, 5.41) is 2.92. The summed E-state index contributed by atoms with van der Waals surface area (Å²) in [6.45, 7) is 5.62. The van der Waals surface area contributed by atoms with Gasteiger partial charge in [-0.15, -0.1) is 0 Å². The number of piperidine rings is 1. The van der Waals surface area contributed by atoms with Crippen molar-refractivity contribution in [3.05, 3.63) is 60.2 Å². The molecule has 7 heteroatoms. The number of anilines is 2. The first kappa shape index (κ1) is 25.7. The van der Waals surface area contributed by atoms with Gasteiger partial charge in [-0.25, -0.2) is 0 Å². The molecule has 36 heavy (non-hydrogen) atoms. The van der Waals surface area contributed by atoms with Crippen LogP contribution in [0.15, 0.2) is 54.6 Å². The Morgan fingerprint density at radius 1 is 0.972 bits per heavy atom. The molecule has 0 aliphatic carbocycles. The Morgan fingerprint density at radius 2 is 1.72 bits per heavy atom. The first-order valence-electron chi connectivity index (χ1n) is 13.2. The highest BCUT2D eigenvalue weighted by Crippen LogP contribution is 2.39. The maximum atomic E-state index is 13.8. The fourth-order valence-corrected chi connectivity index (χ4v) is 5.41. The average Bonchev–Trinajstić information content (AvgIpc) is 3.13. The van der Waals surface area contributed by atoms with E-state index in [-0.39, 0.29) is 24.3 Å². The lowest BCUT2D eigenvalue weighted by molar-refractivity contribution is -0.139. The van der Waals surface area contributed by atoms with Crippen molar-refractivity contribution in [2.45, 2.75) is 64.3 Å². The van der Waals surface area contributed by atoms with E-state index in [1.54, 1.807) is 4.90 Å². The predicted octanol–water partition coefficient (Wildman–Crippen LogP) is 4.57. The minimum Gasteiger partial charge on any atom is -0.342 e. The van der Waals surface area contributed by atoms with Crippen LogP contribution < -0.4 is 10.2 Å². The van der Waals surface area contributed by atoms with Crippen LogP contribution in [0.3, 0.4) is 0 Å². The summed E-state index contributed by atoms with van der Waals surface area (Å²) in [5.41, 5.74) is 2.02. The summed E-state index contributed by atoms with van der Waals surface area (Å²) in [6.07, 6.45) is 6.03. The number of rotatable bonds is 9. The number of carbonyl (C=O) groups is 3. The van der Waals surface area contributed by atoms with E-state index >= 15 is 0 Å². The molecule has 0 aromatic heterocycles. The molecule has 2 saturated heterocycles. The Labute approximate surface area is 214 Å². The number of carbonyl (C=O) groups excluding carboxylic acids is 3. The van der Waals surface area contributed by atoms with Crippen LogP contribution in [-0.2, 0) is 14.4 Å². The van der Waals surface area contributed by atoms with E-state index in [2.05, 4.69) is 17.1 Å². The number of aryl methyl sites for hydroxylation is 1. The highest BCUT2D eigenvalue weighted by Gasteiger charge is 2.54. The topological polar surface area (TPSA) is 73.0 Å². The third-order valence-corrected chi connectivity index (χ3v) is 7.41. The molecule has 2 aliphatic heterocycles. The Hall–Kier alpha value is -3.35. The minimum atomic E-state index is -0.732. The highest BCUT2D eigenvalue weighted by atomic mass is 16.2. The van der Waals surface area contributed by atoms with Gasteiger partial charge in [-0.1, -0.05) is 56.5 Å². The standard InChI is InChI=1S/C29H38N4O3/c1-3-4-5-9-15-27(35)31-18-16-29(17-19-31)28(36)32(22-33(29)25-13-7-6-8-14-25)21-26(34)30-24-12-10-11-23(2)20-24/h6-8,10-14,20H,3-5,9,15-19,21-22H2,1-2H3,(H,30,34). The molecule has 7 nitrogen and oxygen atoms in total. The van der Waals surface area contributed by atoms with Crippen molar-refractivity contribution in [2.75, 3.05) is 36.5 Å². The third kappa shape index (κ3) is 5.72. The molecular weight excluding hydrogens is 452 g/mol. The predicted molar refractivity (Wildman–Crippen MR) is 143 cm³/mol. The second-order valence-electron chi connectivity index (χ2n) is 10.0. The van der Waals surface area contributed by atoms with Crippen molar-refractivity contribution in [1.29, 1.82) is 0 Å². The maximum Gasteiger partial charge on any atom is 0.250 e. The number of nitrogens with one attached hydrogen (secondary N) is 1. The van der Waals surface area contributed by atoms with Gasteiger partial charge in [0.25, 0.3) is 5.91 Å². The zero-order chi connectivity index (χ0) is 25.5. The van der Waals surface area contributed by atoms with Crippen LogP contribution in [0.5, 0.6) is 0 Å². The van der Waals surface area contributed by atoms with Crippen molar-refractivity contribution in [3.8, 4) is 0 Å². The number of likely N-dealkylation sites (tertiary alicyclic amines) is 1. The largest absolute Gasteiger partial charge is 0.342 e. The number of para-hydroxylation sites is 1. The van der Waals surface area contributed by atoms with Gasteiger partial charge in [0.05, 0.1) is 6.67 Å². The fourth-order valence-electron chi connectivity index (χ4n) is 5.41. The van der Waals surface area contributed by atoms with Crippen molar-refractivity contribution in [1.82, 2.24) is 9.80 Å². The number of hydrogen-bond acceptors (Lipinski definition) is 4. The minimum absolute atomic E-state index is 0.00205. The lowest BCUT2D eigenvalue weighted by Gasteiger charge is -2.43. The summed E-state index contributed by atoms with van der Waals surface area (Å²) in [4.78, 5) is 45.2. The van der Waals surface area contributed by atoms with Crippen LogP contribution in [0.4, 0.5) is 11.4 Å². The van der Waals surface area contributed by atoms with Crippen LogP contribution in [0.1, 0.15) is 57.4 Å². The van der Waals surface area contributed by atoms with E-state index in [4.69, 9.17) is 0 Å². The number of nitrogens with zero attached hydrogens (tertiary/aromatic N) is 3. The fraction of sp³-hybridized carbons (Fsp3) is 0.483. The molecule has 2 aromatic carbocycles. The Balaban J connectivity index is 1.45. The van der Waals surface area contributed by atoms with Gasteiger partial charge >= 0.3 is 0 Å². The van der Waals surface area contributed by atoms with E-state index in [0.717, 1.165) is 42.6 Å². The molecule has 1 spiro atoms. The Kier molecular flexibility index (Phi) is 8.28. The molecule has 0 unspecified atom stereocenters. The smallest absolute Gasteiger partial charge is 0.250 e. The van der Waals surface area contributed by atoms with E-state index in [1.807, 2.05) is 66.4 Å². The van der Waals surface area contributed by atoms with Crippen LogP contribution in [-0.4, -0.2) is 59.4 Å². The summed E-state index contributed by atoms with van der Waals surface area (Å²) in [7, 11) is 0. The van der Waals surface area contributed by atoms with Gasteiger partial charge in [0.15, 0.2) is 0 Å².